The van der Waals surface area contributed by atoms with Gasteiger partial charge < -0.3 is 15.7 Å². The monoisotopic (exact) mass is 278 g/mol. The third-order valence-corrected chi connectivity index (χ3v) is 2.95. The van der Waals surface area contributed by atoms with Crippen LogP contribution in [0.5, 0.6) is 0 Å². The predicted octanol–water partition coefficient (Wildman–Crippen LogP) is 0.940. The van der Waals surface area contributed by atoms with E-state index in [1.807, 2.05) is 19.9 Å². The molecule has 0 aliphatic rings. The molecule has 0 radical (unpaired) electrons. The number of hydrogen-bond donors (Lipinski definition) is 3. The molecule has 5 nitrogen and oxygen atoms in total. The molecule has 1 rings (SSSR count). The van der Waals surface area contributed by atoms with Gasteiger partial charge in [-0.05, 0) is 19.1 Å². The standard InChI is InChI=1S/C15H22N2O3/c1-11(13(19)16-9-15(2,3)10-18)17-14(20)12-7-5-4-6-8-12/h4-8,11,18H,9-10H2,1-3H3,(H,16,19)(H,17,20). The van der Waals surface area contributed by atoms with Gasteiger partial charge in [0, 0.05) is 24.1 Å². The quantitative estimate of drug-likeness (QED) is 0.724. The Labute approximate surface area is 119 Å². The Kier molecular flexibility index (Phi) is 5.70. The minimum atomic E-state index is -0.628. The number of carbonyl (C=O) groups is 2. The van der Waals surface area contributed by atoms with Crippen molar-refractivity contribution in [3.63, 3.8) is 0 Å². The van der Waals surface area contributed by atoms with Crippen LogP contribution in [0, 0.1) is 5.41 Å². The molecule has 0 heterocycles. The minimum Gasteiger partial charge on any atom is -0.396 e. The second kappa shape index (κ2) is 7.05. The number of aliphatic hydroxyl groups is 1. The molecule has 1 aromatic carbocycles. The summed E-state index contributed by atoms with van der Waals surface area (Å²) in [6, 6.07) is 8.11. The number of nitrogens with one attached hydrogen (secondary N) is 2. The maximum atomic E-state index is 11.9. The lowest BCUT2D eigenvalue weighted by Crippen LogP contribution is -2.47. The highest BCUT2D eigenvalue weighted by Gasteiger charge is 2.21. The molecule has 0 saturated carbocycles. The van der Waals surface area contributed by atoms with E-state index in [4.69, 9.17) is 5.11 Å². The Morgan fingerprint density at radius 3 is 2.40 bits per heavy atom. The van der Waals surface area contributed by atoms with E-state index < -0.39 is 6.04 Å². The van der Waals surface area contributed by atoms with Gasteiger partial charge >= 0.3 is 0 Å². The lowest BCUT2D eigenvalue weighted by atomic mass is 9.95. The van der Waals surface area contributed by atoms with Crippen LogP contribution >= 0.6 is 0 Å². The minimum absolute atomic E-state index is 0.0158. The molecular formula is C15H22N2O3. The molecule has 110 valence electrons. The molecule has 2 amide bonds. The fourth-order valence-corrected chi connectivity index (χ4v) is 1.47. The number of rotatable bonds is 6. The number of aliphatic hydroxyl groups excluding tert-OH is 1. The van der Waals surface area contributed by atoms with E-state index in [0.29, 0.717) is 12.1 Å². The van der Waals surface area contributed by atoms with Crippen LogP contribution in [0.3, 0.4) is 0 Å². The van der Waals surface area contributed by atoms with Crippen LogP contribution in [0.2, 0.25) is 0 Å². The van der Waals surface area contributed by atoms with E-state index in [1.54, 1.807) is 31.2 Å². The molecule has 3 N–H and O–H groups in total. The lowest BCUT2D eigenvalue weighted by molar-refractivity contribution is -0.123. The largest absolute Gasteiger partial charge is 0.396 e. The van der Waals surface area contributed by atoms with E-state index in [1.165, 1.54) is 0 Å². The smallest absolute Gasteiger partial charge is 0.251 e. The highest BCUT2D eigenvalue weighted by Crippen LogP contribution is 2.11. The summed E-state index contributed by atoms with van der Waals surface area (Å²) in [4.78, 5) is 23.8. The Morgan fingerprint density at radius 2 is 1.85 bits per heavy atom. The Hall–Kier alpha value is -1.88. The average molecular weight is 278 g/mol. The van der Waals surface area contributed by atoms with Crippen molar-refractivity contribution in [2.45, 2.75) is 26.8 Å². The SMILES string of the molecule is CC(NC(=O)c1ccccc1)C(=O)NCC(C)(C)CO. The number of amides is 2. The first-order chi connectivity index (χ1) is 9.35. The summed E-state index contributed by atoms with van der Waals surface area (Å²) >= 11 is 0. The first-order valence-electron chi connectivity index (χ1n) is 6.60. The van der Waals surface area contributed by atoms with Gasteiger partial charge in [0.15, 0.2) is 0 Å². The molecule has 0 aliphatic heterocycles. The van der Waals surface area contributed by atoms with Crippen LogP contribution in [0.4, 0.5) is 0 Å². The van der Waals surface area contributed by atoms with E-state index in [9.17, 15) is 9.59 Å². The van der Waals surface area contributed by atoms with Crippen LogP contribution < -0.4 is 10.6 Å². The molecule has 0 bridgehead atoms. The number of hydrogen-bond acceptors (Lipinski definition) is 3. The van der Waals surface area contributed by atoms with E-state index >= 15 is 0 Å². The van der Waals surface area contributed by atoms with Gasteiger partial charge in [0.1, 0.15) is 6.04 Å². The highest BCUT2D eigenvalue weighted by molar-refractivity contribution is 5.97. The van der Waals surface area contributed by atoms with Crippen molar-refractivity contribution >= 4 is 11.8 Å². The van der Waals surface area contributed by atoms with Crippen LogP contribution in [-0.4, -0.2) is 36.1 Å². The third-order valence-electron chi connectivity index (χ3n) is 2.95. The fourth-order valence-electron chi connectivity index (χ4n) is 1.47. The van der Waals surface area contributed by atoms with Crippen molar-refractivity contribution in [3.05, 3.63) is 35.9 Å². The molecule has 0 saturated heterocycles. The van der Waals surface area contributed by atoms with Crippen LogP contribution in [0.1, 0.15) is 31.1 Å². The summed E-state index contributed by atoms with van der Waals surface area (Å²) < 4.78 is 0. The predicted molar refractivity (Wildman–Crippen MR) is 77.2 cm³/mol. The molecule has 5 heteroatoms. The van der Waals surface area contributed by atoms with Crippen molar-refractivity contribution in [2.24, 2.45) is 5.41 Å². The zero-order valence-electron chi connectivity index (χ0n) is 12.1. The first kappa shape index (κ1) is 16.2. The van der Waals surface area contributed by atoms with Crippen molar-refractivity contribution in [1.29, 1.82) is 0 Å². The Morgan fingerprint density at radius 1 is 1.25 bits per heavy atom. The summed E-state index contributed by atoms with van der Waals surface area (Å²) in [5, 5.41) is 14.5. The second-order valence-electron chi connectivity index (χ2n) is 5.60. The summed E-state index contributed by atoms with van der Waals surface area (Å²) in [7, 11) is 0. The Bertz CT molecular complexity index is 457. The first-order valence-corrected chi connectivity index (χ1v) is 6.60. The zero-order chi connectivity index (χ0) is 15.2. The molecule has 1 aromatic rings. The lowest BCUT2D eigenvalue weighted by Gasteiger charge is -2.23. The van der Waals surface area contributed by atoms with Crippen LogP contribution in [0.15, 0.2) is 30.3 Å². The molecule has 0 fully saturated rings. The van der Waals surface area contributed by atoms with Gasteiger partial charge in [0.25, 0.3) is 5.91 Å². The maximum absolute atomic E-state index is 11.9. The fraction of sp³-hybridized carbons (Fsp3) is 0.467. The van der Waals surface area contributed by atoms with Gasteiger partial charge in [-0.1, -0.05) is 32.0 Å². The summed E-state index contributed by atoms with van der Waals surface area (Å²) in [5.74, 6) is -0.550. The Balaban J connectivity index is 2.48. The van der Waals surface area contributed by atoms with E-state index in [2.05, 4.69) is 10.6 Å². The zero-order valence-corrected chi connectivity index (χ0v) is 12.1. The van der Waals surface area contributed by atoms with Crippen molar-refractivity contribution in [1.82, 2.24) is 10.6 Å². The van der Waals surface area contributed by atoms with Gasteiger partial charge in [0.2, 0.25) is 5.91 Å². The molecule has 0 spiro atoms. The summed E-state index contributed by atoms with van der Waals surface area (Å²) in [6.45, 7) is 5.66. The summed E-state index contributed by atoms with van der Waals surface area (Å²) in [6.07, 6.45) is 0. The van der Waals surface area contributed by atoms with Crippen molar-refractivity contribution in [3.8, 4) is 0 Å². The van der Waals surface area contributed by atoms with Crippen LogP contribution in [0.25, 0.3) is 0 Å². The van der Waals surface area contributed by atoms with E-state index in [0.717, 1.165) is 0 Å². The maximum Gasteiger partial charge on any atom is 0.251 e. The number of carbonyl (C=O) groups excluding carboxylic acids is 2. The van der Waals surface area contributed by atoms with Gasteiger partial charge in [-0.3, -0.25) is 9.59 Å². The molecule has 1 unspecified atom stereocenters. The summed E-state index contributed by atoms with van der Waals surface area (Å²) in [5.41, 5.74) is 0.140. The highest BCUT2D eigenvalue weighted by atomic mass is 16.3. The molecule has 1 atom stereocenters. The topological polar surface area (TPSA) is 78.4 Å². The second-order valence-corrected chi connectivity index (χ2v) is 5.60. The van der Waals surface area contributed by atoms with Gasteiger partial charge in [-0.15, -0.1) is 0 Å². The molecule has 20 heavy (non-hydrogen) atoms. The van der Waals surface area contributed by atoms with Gasteiger partial charge in [0.05, 0.1) is 0 Å². The van der Waals surface area contributed by atoms with Gasteiger partial charge in [-0.25, -0.2) is 0 Å². The van der Waals surface area contributed by atoms with Crippen molar-refractivity contribution in [2.75, 3.05) is 13.2 Å². The van der Waals surface area contributed by atoms with Crippen molar-refractivity contribution < 1.29 is 14.7 Å². The van der Waals surface area contributed by atoms with Crippen LogP contribution in [-0.2, 0) is 4.79 Å². The molecular weight excluding hydrogens is 256 g/mol. The molecule has 0 aromatic heterocycles. The van der Waals surface area contributed by atoms with E-state index in [-0.39, 0.29) is 23.8 Å². The number of benzene rings is 1. The third kappa shape index (κ3) is 5.01. The van der Waals surface area contributed by atoms with Gasteiger partial charge in [-0.2, -0.15) is 0 Å². The molecule has 0 aliphatic carbocycles. The normalized spacial score (nSPS) is 12.6. The average Bonchev–Trinajstić information content (AvgIpc) is 2.45.